The molecule has 1 heterocycles. The van der Waals surface area contributed by atoms with Gasteiger partial charge in [-0.15, -0.1) is 0 Å². The maximum absolute atomic E-state index is 11.9. The summed E-state index contributed by atoms with van der Waals surface area (Å²) in [5, 5.41) is 0.525. The lowest BCUT2D eigenvalue weighted by atomic mass is 10.0. The second kappa shape index (κ2) is 4.41. The van der Waals surface area contributed by atoms with Crippen LogP contribution < -0.4 is 5.73 Å². The van der Waals surface area contributed by atoms with Crippen LogP contribution in [0.1, 0.15) is 15.9 Å². The van der Waals surface area contributed by atoms with Gasteiger partial charge in [-0.05, 0) is 29.8 Å². The molecule has 1 aromatic carbocycles. The SMILES string of the molecule is Nc1cc(Cl)ccc1C(=O)Cc1ccoc1. The van der Waals surface area contributed by atoms with Crippen LogP contribution in [0, 0.1) is 0 Å². The zero-order valence-corrected chi connectivity index (χ0v) is 9.20. The number of carbonyl (C=O) groups is 1. The van der Waals surface area contributed by atoms with Crippen LogP contribution in [0.25, 0.3) is 0 Å². The molecule has 82 valence electrons. The van der Waals surface area contributed by atoms with E-state index in [9.17, 15) is 4.79 Å². The maximum atomic E-state index is 11.9. The number of anilines is 1. The summed E-state index contributed by atoms with van der Waals surface area (Å²) in [6.07, 6.45) is 3.36. The second-order valence-corrected chi connectivity index (χ2v) is 3.90. The third kappa shape index (κ3) is 2.25. The van der Waals surface area contributed by atoms with Gasteiger partial charge in [0.15, 0.2) is 5.78 Å². The molecule has 0 unspecified atom stereocenters. The van der Waals surface area contributed by atoms with Crippen LogP contribution in [0.4, 0.5) is 5.69 Å². The molecule has 3 nitrogen and oxygen atoms in total. The Hall–Kier alpha value is -1.74. The number of furan rings is 1. The van der Waals surface area contributed by atoms with Gasteiger partial charge in [0.1, 0.15) is 0 Å². The minimum Gasteiger partial charge on any atom is -0.472 e. The Morgan fingerprint density at radius 3 is 2.81 bits per heavy atom. The Kier molecular flexibility index (Phi) is 2.97. The number of halogens is 1. The highest BCUT2D eigenvalue weighted by atomic mass is 35.5. The van der Waals surface area contributed by atoms with E-state index in [0.29, 0.717) is 16.3 Å². The van der Waals surface area contributed by atoms with E-state index in [-0.39, 0.29) is 12.2 Å². The van der Waals surface area contributed by atoms with Crippen molar-refractivity contribution in [1.29, 1.82) is 0 Å². The molecule has 2 aromatic rings. The lowest BCUT2D eigenvalue weighted by Crippen LogP contribution is -2.06. The van der Waals surface area contributed by atoms with Crippen LogP contribution in [0.2, 0.25) is 5.02 Å². The van der Waals surface area contributed by atoms with Crippen LogP contribution >= 0.6 is 11.6 Å². The van der Waals surface area contributed by atoms with Crippen molar-refractivity contribution in [2.45, 2.75) is 6.42 Å². The van der Waals surface area contributed by atoms with Gasteiger partial charge in [-0.2, -0.15) is 0 Å². The summed E-state index contributed by atoms with van der Waals surface area (Å²) < 4.78 is 4.90. The first-order valence-corrected chi connectivity index (χ1v) is 5.14. The van der Waals surface area contributed by atoms with Gasteiger partial charge in [0.2, 0.25) is 0 Å². The molecule has 0 aliphatic rings. The number of nitrogens with two attached hydrogens (primary N) is 1. The molecule has 16 heavy (non-hydrogen) atoms. The van der Waals surface area contributed by atoms with E-state index in [0.717, 1.165) is 5.56 Å². The van der Waals surface area contributed by atoms with Crippen molar-refractivity contribution in [3.8, 4) is 0 Å². The van der Waals surface area contributed by atoms with E-state index in [1.165, 1.54) is 6.26 Å². The van der Waals surface area contributed by atoms with E-state index >= 15 is 0 Å². The van der Waals surface area contributed by atoms with Gasteiger partial charge in [0.05, 0.1) is 12.5 Å². The van der Waals surface area contributed by atoms with Gasteiger partial charge in [-0.25, -0.2) is 0 Å². The molecule has 4 heteroatoms. The third-order valence-corrected chi connectivity index (χ3v) is 2.49. The van der Waals surface area contributed by atoms with E-state index in [4.69, 9.17) is 21.8 Å². The normalized spacial score (nSPS) is 10.3. The number of Topliss-reactive ketones (excluding diaryl/α,β-unsaturated/α-hetero) is 1. The molecule has 0 bridgehead atoms. The molecule has 0 aliphatic heterocycles. The smallest absolute Gasteiger partial charge is 0.169 e. The van der Waals surface area contributed by atoms with Crippen molar-refractivity contribution in [1.82, 2.24) is 0 Å². The van der Waals surface area contributed by atoms with Crippen molar-refractivity contribution in [2.24, 2.45) is 0 Å². The fraction of sp³-hybridized carbons (Fsp3) is 0.0833. The highest BCUT2D eigenvalue weighted by Crippen LogP contribution is 2.19. The lowest BCUT2D eigenvalue weighted by molar-refractivity contribution is 0.0993. The third-order valence-electron chi connectivity index (χ3n) is 2.26. The number of carbonyl (C=O) groups excluding carboxylic acids is 1. The summed E-state index contributed by atoms with van der Waals surface area (Å²) in [6.45, 7) is 0. The van der Waals surface area contributed by atoms with Crippen LogP contribution in [0.3, 0.4) is 0 Å². The fourth-order valence-electron chi connectivity index (χ4n) is 1.46. The predicted octanol–water partition coefficient (Wildman–Crippen LogP) is 2.94. The molecule has 1 aromatic heterocycles. The molecule has 0 radical (unpaired) electrons. The molecule has 0 atom stereocenters. The van der Waals surface area contributed by atoms with Gasteiger partial charge in [-0.1, -0.05) is 11.6 Å². The topological polar surface area (TPSA) is 56.2 Å². The zero-order valence-electron chi connectivity index (χ0n) is 8.44. The predicted molar refractivity (Wildman–Crippen MR) is 62.6 cm³/mol. The number of rotatable bonds is 3. The first-order valence-electron chi connectivity index (χ1n) is 4.76. The molecule has 0 amide bonds. The summed E-state index contributed by atoms with van der Waals surface area (Å²) in [7, 11) is 0. The number of nitrogen functional groups attached to an aromatic ring is 1. The van der Waals surface area contributed by atoms with Gasteiger partial charge >= 0.3 is 0 Å². The summed E-state index contributed by atoms with van der Waals surface area (Å²) in [4.78, 5) is 11.9. The fourth-order valence-corrected chi connectivity index (χ4v) is 1.64. The van der Waals surface area contributed by atoms with Crippen molar-refractivity contribution < 1.29 is 9.21 Å². The molecule has 2 N–H and O–H groups in total. The Morgan fingerprint density at radius 2 is 2.19 bits per heavy atom. The van der Waals surface area contributed by atoms with Crippen molar-refractivity contribution in [3.63, 3.8) is 0 Å². The summed E-state index contributed by atoms with van der Waals surface area (Å²) in [5.74, 6) is -0.0458. The Balaban J connectivity index is 2.21. The first kappa shape index (κ1) is 10.8. The van der Waals surface area contributed by atoms with E-state index in [1.54, 1.807) is 30.5 Å². The van der Waals surface area contributed by atoms with E-state index in [2.05, 4.69) is 0 Å². The summed E-state index contributed by atoms with van der Waals surface area (Å²) in [6, 6.07) is 6.62. The van der Waals surface area contributed by atoms with Gasteiger partial charge in [-0.3, -0.25) is 4.79 Å². The number of ketones is 1. The van der Waals surface area contributed by atoms with E-state index in [1.807, 2.05) is 0 Å². The lowest BCUT2D eigenvalue weighted by Gasteiger charge is -2.03. The number of hydrogen-bond donors (Lipinski definition) is 1. The average Bonchev–Trinajstić information content (AvgIpc) is 2.70. The van der Waals surface area contributed by atoms with Gasteiger partial charge in [0, 0.05) is 22.7 Å². The van der Waals surface area contributed by atoms with Crippen molar-refractivity contribution in [3.05, 3.63) is 52.9 Å². The number of benzene rings is 1. The number of hydrogen-bond acceptors (Lipinski definition) is 3. The largest absolute Gasteiger partial charge is 0.472 e. The minimum atomic E-state index is -0.0458. The summed E-state index contributed by atoms with van der Waals surface area (Å²) in [5.41, 5.74) is 7.45. The van der Waals surface area contributed by atoms with Gasteiger partial charge < -0.3 is 10.2 Å². The Labute approximate surface area is 97.8 Å². The molecule has 2 rings (SSSR count). The average molecular weight is 236 g/mol. The molecular weight excluding hydrogens is 226 g/mol. The summed E-state index contributed by atoms with van der Waals surface area (Å²) >= 11 is 5.76. The maximum Gasteiger partial charge on any atom is 0.169 e. The first-order chi connectivity index (χ1) is 7.66. The van der Waals surface area contributed by atoms with Crippen LogP contribution in [-0.4, -0.2) is 5.78 Å². The molecule has 0 saturated carbocycles. The van der Waals surface area contributed by atoms with E-state index < -0.39 is 0 Å². The molecule has 0 aliphatic carbocycles. The zero-order chi connectivity index (χ0) is 11.5. The van der Waals surface area contributed by atoms with Crippen molar-refractivity contribution >= 4 is 23.1 Å². The van der Waals surface area contributed by atoms with Crippen LogP contribution in [0.15, 0.2) is 41.2 Å². The Bertz CT molecular complexity index is 506. The standard InChI is InChI=1S/C12H10ClNO2/c13-9-1-2-10(11(14)6-9)12(15)5-8-3-4-16-7-8/h1-4,6-7H,5,14H2. The van der Waals surface area contributed by atoms with Gasteiger partial charge in [0.25, 0.3) is 0 Å². The van der Waals surface area contributed by atoms with Crippen LogP contribution in [-0.2, 0) is 6.42 Å². The quantitative estimate of drug-likeness (QED) is 0.657. The second-order valence-electron chi connectivity index (χ2n) is 3.46. The monoisotopic (exact) mass is 235 g/mol. The highest BCUT2D eigenvalue weighted by Gasteiger charge is 2.11. The molecule has 0 saturated heterocycles. The Morgan fingerprint density at radius 1 is 1.38 bits per heavy atom. The van der Waals surface area contributed by atoms with Crippen LogP contribution in [0.5, 0.6) is 0 Å². The molecule has 0 fully saturated rings. The van der Waals surface area contributed by atoms with Crippen molar-refractivity contribution in [2.75, 3.05) is 5.73 Å². The minimum absolute atomic E-state index is 0.0458. The molecular formula is C12H10ClNO2. The molecule has 0 spiro atoms. The highest BCUT2D eigenvalue weighted by molar-refractivity contribution is 6.31.